The highest BCUT2D eigenvalue weighted by Gasteiger charge is 2.13. The Bertz CT molecular complexity index is 473. The molecule has 1 unspecified atom stereocenters. The number of carbonyl (C=O) groups is 2. The monoisotopic (exact) mass is 293 g/mol. The maximum absolute atomic E-state index is 11.8. The molecule has 0 spiro atoms. The molecule has 1 aromatic carbocycles. The molecule has 0 bridgehead atoms. The summed E-state index contributed by atoms with van der Waals surface area (Å²) in [7, 11) is 0. The lowest BCUT2D eigenvalue weighted by Crippen LogP contribution is -2.36. The molecule has 0 aliphatic rings. The fraction of sp³-hybridized carbons (Fsp3) is 0.500. The molecule has 2 N–H and O–H groups in total. The number of carbonyl (C=O) groups excluding carboxylic acids is 1. The summed E-state index contributed by atoms with van der Waals surface area (Å²) in [5, 5.41) is 11.3. The minimum absolute atomic E-state index is 0.158. The van der Waals surface area contributed by atoms with Gasteiger partial charge in [0.15, 0.2) is 6.10 Å². The summed E-state index contributed by atoms with van der Waals surface area (Å²) < 4.78 is 5.58. The number of aliphatic carboxylic acids is 1. The summed E-state index contributed by atoms with van der Waals surface area (Å²) in [6.45, 7) is 4.22. The maximum Gasteiger partial charge on any atom is 0.303 e. The van der Waals surface area contributed by atoms with Crippen molar-refractivity contribution in [2.24, 2.45) is 0 Å². The van der Waals surface area contributed by atoms with Gasteiger partial charge in [0.2, 0.25) is 0 Å². The predicted octanol–water partition coefficient (Wildman–Crippen LogP) is 2.52. The number of aryl methyl sites for hydroxylation is 1. The lowest BCUT2D eigenvalue weighted by molar-refractivity contribution is -0.137. The van der Waals surface area contributed by atoms with E-state index in [9.17, 15) is 9.59 Å². The van der Waals surface area contributed by atoms with Crippen LogP contribution in [0.3, 0.4) is 0 Å². The highest BCUT2D eigenvalue weighted by molar-refractivity contribution is 5.80. The zero-order valence-corrected chi connectivity index (χ0v) is 12.6. The Hall–Kier alpha value is -2.04. The van der Waals surface area contributed by atoms with Crippen LogP contribution in [0.5, 0.6) is 5.75 Å². The number of hydrogen-bond acceptors (Lipinski definition) is 3. The molecule has 0 aliphatic heterocycles. The Morgan fingerprint density at radius 3 is 2.71 bits per heavy atom. The third-order valence-electron chi connectivity index (χ3n) is 3.04. The van der Waals surface area contributed by atoms with Crippen molar-refractivity contribution in [3.8, 4) is 5.75 Å². The second kappa shape index (κ2) is 9.00. The van der Waals surface area contributed by atoms with Crippen LogP contribution in [0.25, 0.3) is 0 Å². The molecule has 0 heterocycles. The SMILES string of the molecule is Cc1cccc(OC(C)C(=O)NCCCCCC(=O)O)c1. The number of nitrogens with one attached hydrogen (secondary N) is 1. The standard InChI is InChI=1S/C16H23NO4/c1-12-7-6-8-14(11-12)21-13(2)16(20)17-10-5-3-4-9-15(18)19/h6-8,11,13H,3-5,9-10H2,1-2H3,(H,17,20)(H,18,19). The van der Waals surface area contributed by atoms with Gasteiger partial charge in [-0.25, -0.2) is 0 Å². The van der Waals surface area contributed by atoms with Crippen LogP contribution in [0.2, 0.25) is 0 Å². The molecule has 0 radical (unpaired) electrons. The van der Waals surface area contributed by atoms with Gasteiger partial charge in [-0.2, -0.15) is 0 Å². The molecule has 1 aromatic rings. The number of benzene rings is 1. The van der Waals surface area contributed by atoms with Gasteiger partial charge in [0.1, 0.15) is 5.75 Å². The number of rotatable bonds is 9. The molecular weight excluding hydrogens is 270 g/mol. The van der Waals surface area contributed by atoms with Gasteiger partial charge in [0, 0.05) is 13.0 Å². The Morgan fingerprint density at radius 1 is 1.29 bits per heavy atom. The molecule has 0 saturated carbocycles. The van der Waals surface area contributed by atoms with Crippen molar-refractivity contribution >= 4 is 11.9 Å². The number of unbranched alkanes of at least 4 members (excludes halogenated alkanes) is 2. The normalized spacial score (nSPS) is 11.7. The van der Waals surface area contributed by atoms with Gasteiger partial charge in [-0.3, -0.25) is 9.59 Å². The Balaban J connectivity index is 2.21. The van der Waals surface area contributed by atoms with Crippen LogP contribution in [-0.2, 0) is 9.59 Å². The Labute approximate surface area is 125 Å². The number of amides is 1. The minimum Gasteiger partial charge on any atom is -0.481 e. The topological polar surface area (TPSA) is 75.6 Å². The van der Waals surface area contributed by atoms with Gasteiger partial charge in [0.25, 0.3) is 5.91 Å². The van der Waals surface area contributed by atoms with E-state index in [0.717, 1.165) is 18.4 Å². The van der Waals surface area contributed by atoms with E-state index < -0.39 is 12.1 Å². The molecule has 1 rings (SSSR count). The molecule has 21 heavy (non-hydrogen) atoms. The molecule has 1 atom stereocenters. The second-order valence-electron chi connectivity index (χ2n) is 5.07. The average molecular weight is 293 g/mol. The molecule has 0 aromatic heterocycles. The van der Waals surface area contributed by atoms with Crippen molar-refractivity contribution in [3.05, 3.63) is 29.8 Å². The van der Waals surface area contributed by atoms with Gasteiger partial charge in [0.05, 0.1) is 0 Å². The van der Waals surface area contributed by atoms with Gasteiger partial charge >= 0.3 is 5.97 Å². The molecule has 0 aliphatic carbocycles. The zero-order valence-electron chi connectivity index (χ0n) is 12.6. The van der Waals surface area contributed by atoms with E-state index in [4.69, 9.17) is 9.84 Å². The summed E-state index contributed by atoms with van der Waals surface area (Å²) in [5.74, 6) is -0.256. The molecule has 5 heteroatoms. The smallest absolute Gasteiger partial charge is 0.303 e. The first-order valence-corrected chi connectivity index (χ1v) is 7.22. The van der Waals surface area contributed by atoms with E-state index >= 15 is 0 Å². The second-order valence-corrected chi connectivity index (χ2v) is 5.07. The van der Waals surface area contributed by atoms with Gasteiger partial charge in [-0.1, -0.05) is 18.6 Å². The van der Waals surface area contributed by atoms with E-state index in [1.54, 1.807) is 6.92 Å². The molecule has 116 valence electrons. The van der Waals surface area contributed by atoms with Crippen LogP contribution >= 0.6 is 0 Å². The summed E-state index contributed by atoms with van der Waals surface area (Å²) >= 11 is 0. The van der Waals surface area contributed by atoms with Crippen LogP contribution in [-0.4, -0.2) is 29.6 Å². The quantitative estimate of drug-likeness (QED) is 0.686. The van der Waals surface area contributed by atoms with Crippen molar-refractivity contribution in [2.45, 2.75) is 45.6 Å². The Morgan fingerprint density at radius 2 is 2.05 bits per heavy atom. The maximum atomic E-state index is 11.8. The lowest BCUT2D eigenvalue weighted by Gasteiger charge is -2.15. The third kappa shape index (κ3) is 7.34. The van der Waals surface area contributed by atoms with E-state index in [-0.39, 0.29) is 12.3 Å². The summed E-state index contributed by atoms with van der Waals surface area (Å²) in [6, 6.07) is 7.56. The van der Waals surface area contributed by atoms with Crippen molar-refractivity contribution < 1.29 is 19.4 Å². The van der Waals surface area contributed by atoms with E-state index in [0.29, 0.717) is 18.7 Å². The zero-order chi connectivity index (χ0) is 15.7. The van der Waals surface area contributed by atoms with Crippen LogP contribution < -0.4 is 10.1 Å². The summed E-state index contributed by atoms with van der Waals surface area (Å²) in [6.07, 6.45) is 1.84. The highest BCUT2D eigenvalue weighted by Crippen LogP contribution is 2.14. The first kappa shape index (κ1) is 17.0. The lowest BCUT2D eigenvalue weighted by atomic mass is 10.2. The minimum atomic E-state index is -0.779. The largest absolute Gasteiger partial charge is 0.481 e. The number of carboxylic acid groups (broad SMARTS) is 1. The van der Waals surface area contributed by atoms with Crippen molar-refractivity contribution in [1.82, 2.24) is 5.32 Å². The van der Waals surface area contributed by atoms with Crippen LogP contribution in [0.4, 0.5) is 0 Å². The highest BCUT2D eigenvalue weighted by atomic mass is 16.5. The average Bonchev–Trinajstić information content (AvgIpc) is 2.42. The molecule has 0 saturated heterocycles. The van der Waals surface area contributed by atoms with Crippen molar-refractivity contribution in [1.29, 1.82) is 0 Å². The summed E-state index contributed by atoms with van der Waals surface area (Å²) in [4.78, 5) is 22.2. The number of ether oxygens (including phenoxy) is 1. The first-order valence-electron chi connectivity index (χ1n) is 7.22. The van der Waals surface area contributed by atoms with E-state index in [2.05, 4.69) is 5.32 Å². The molecular formula is C16H23NO4. The van der Waals surface area contributed by atoms with Gasteiger partial charge in [-0.15, -0.1) is 0 Å². The summed E-state index contributed by atoms with van der Waals surface area (Å²) in [5.41, 5.74) is 1.08. The van der Waals surface area contributed by atoms with Gasteiger partial charge < -0.3 is 15.2 Å². The van der Waals surface area contributed by atoms with Gasteiger partial charge in [-0.05, 0) is 44.4 Å². The van der Waals surface area contributed by atoms with E-state index in [1.165, 1.54) is 0 Å². The van der Waals surface area contributed by atoms with Crippen LogP contribution in [0, 0.1) is 6.92 Å². The predicted molar refractivity (Wildman–Crippen MR) is 80.4 cm³/mol. The fourth-order valence-electron chi connectivity index (χ4n) is 1.88. The van der Waals surface area contributed by atoms with Crippen LogP contribution in [0.15, 0.2) is 24.3 Å². The fourth-order valence-corrected chi connectivity index (χ4v) is 1.88. The van der Waals surface area contributed by atoms with Crippen LogP contribution in [0.1, 0.15) is 38.2 Å². The third-order valence-corrected chi connectivity index (χ3v) is 3.04. The van der Waals surface area contributed by atoms with E-state index in [1.807, 2.05) is 31.2 Å². The molecule has 1 amide bonds. The number of hydrogen-bond donors (Lipinski definition) is 2. The Kier molecular flexibility index (Phi) is 7.29. The molecule has 0 fully saturated rings. The number of carboxylic acids is 1. The van der Waals surface area contributed by atoms with Crippen molar-refractivity contribution in [3.63, 3.8) is 0 Å². The first-order chi connectivity index (χ1) is 9.99. The van der Waals surface area contributed by atoms with Crippen molar-refractivity contribution in [2.75, 3.05) is 6.54 Å². The molecule has 5 nitrogen and oxygen atoms in total.